The lowest BCUT2D eigenvalue weighted by Crippen LogP contribution is -2.32. The van der Waals surface area contributed by atoms with Crippen LogP contribution in [0, 0.1) is 0 Å². The SMILES string of the molecule is CCC(C)NC(=O)c1cc(N(C)S(=O)(=O)c2ccc(Cl)cc2)ccc1Cl. The van der Waals surface area contributed by atoms with E-state index < -0.39 is 10.0 Å². The average molecular weight is 415 g/mol. The minimum Gasteiger partial charge on any atom is -0.350 e. The third-order valence-corrected chi connectivity index (χ3v) is 6.40. The zero-order chi connectivity index (χ0) is 19.5. The molecule has 26 heavy (non-hydrogen) atoms. The van der Waals surface area contributed by atoms with Crippen LogP contribution in [0.4, 0.5) is 5.69 Å². The summed E-state index contributed by atoms with van der Waals surface area (Å²) in [5, 5.41) is 3.53. The van der Waals surface area contributed by atoms with Gasteiger partial charge in [0.2, 0.25) is 0 Å². The average Bonchev–Trinajstić information content (AvgIpc) is 2.61. The van der Waals surface area contributed by atoms with Crippen LogP contribution in [0.1, 0.15) is 30.6 Å². The van der Waals surface area contributed by atoms with Crippen LogP contribution in [0.3, 0.4) is 0 Å². The number of hydrogen-bond acceptors (Lipinski definition) is 3. The first kappa shape index (κ1) is 20.6. The minimum absolute atomic E-state index is 0.0160. The number of amides is 1. The fraction of sp³-hybridized carbons (Fsp3) is 0.278. The van der Waals surface area contributed by atoms with Gasteiger partial charge in [-0.2, -0.15) is 0 Å². The number of rotatable bonds is 6. The van der Waals surface area contributed by atoms with Crippen LogP contribution in [-0.4, -0.2) is 27.4 Å². The summed E-state index contributed by atoms with van der Waals surface area (Å²) in [6, 6.07) is 10.4. The maximum Gasteiger partial charge on any atom is 0.264 e. The van der Waals surface area contributed by atoms with Crippen LogP contribution in [0.2, 0.25) is 10.0 Å². The summed E-state index contributed by atoms with van der Waals surface area (Å²) in [5.41, 5.74) is 0.557. The van der Waals surface area contributed by atoms with E-state index in [1.54, 1.807) is 6.07 Å². The Hall–Kier alpha value is -1.76. The van der Waals surface area contributed by atoms with Gasteiger partial charge in [-0.05, 0) is 55.8 Å². The molecular weight excluding hydrogens is 395 g/mol. The van der Waals surface area contributed by atoms with Crippen LogP contribution in [-0.2, 0) is 10.0 Å². The molecule has 1 unspecified atom stereocenters. The van der Waals surface area contributed by atoms with E-state index >= 15 is 0 Å². The first-order valence-electron chi connectivity index (χ1n) is 8.01. The number of nitrogens with one attached hydrogen (secondary N) is 1. The molecule has 8 heteroatoms. The second-order valence-electron chi connectivity index (χ2n) is 5.87. The summed E-state index contributed by atoms with van der Waals surface area (Å²) in [4.78, 5) is 12.5. The second kappa shape index (κ2) is 8.29. The smallest absolute Gasteiger partial charge is 0.264 e. The van der Waals surface area contributed by atoms with Gasteiger partial charge in [-0.15, -0.1) is 0 Å². The summed E-state index contributed by atoms with van der Waals surface area (Å²) in [6.07, 6.45) is 0.772. The fourth-order valence-corrected chi connectivity index (χ4v) is 3.71. The Balaban J connectivity index is 2.37. The molecule has 0 bridgehead atoms. The van der Waals surface area contributed by atoms with Gasteiger partial charge in [0.25, 0.3) is 15.9 Å². The molecule has 0 radical (unpaired) electrons. The molecule has 0 aliphatic heterocycles. The van der Waals surface area contributed by atoms with Crippen molar-refractivity contribution in [1.82, 2.24) is 5.32 Å². The highest BCUT2D eigenvalue weighted by Gasteiger charge is 2.23. The molecule has 0 saturated carbocycles. The van der Waals surface area contributed by atoms with Crippen molar-refractivity contribution in [2.75, 3.05) is 11.4 Å². The van der Waals surface area contributed by atoms with Crippen molar-refractivity contribution in [3.8, 4) is 0 Å². The number of carbonyl (C=O) groups excluding carboxylic acids is 1. The molecule has 0 spiro atoms. The molecule has 0 aromatic heterocycles. The van der Waals surface area contributed by atoms with Gasteiger partial charge >= 0.3 is 0 Å². The lowest BCUT2D eigenvalue weighted by molar-refractivity contribution is 0.0939. The number of benzene rings is 2. The molecule has 0 aliphatic rings. The molecule has 0 fully saturated rings. The van der Waals surface area contributed by atoms with Crippen LogP contribution >= 0.6 is 23.2 Å². The van der Waals surface area contributed by atoms with Crippen molar-refractivity contribution >= 4 is 44.8 Å². The van der Waals surface area contributed by atoms with E-state index in [2.05, 4.69) is 5.32 Å². The van der Waals surface area contributed by atoms with Gasteiger partial charge in [-0.1, -0.05) is 30.1 Å². The molecule has 1 amide bonds. The number of nitrogens with zero attached hydrogens (tertiary/aromatic N) is 1. The number of carbonyl (C=O) groups is 1. The zero-order valence-electron chi connectivity index (χ0n) is 14.7. The van der Waals surface area contributed by atoms with Crippen molar-refractivity contribution in [2.45, 2.75) is 31.2 Å². The number of hydrogen-bond donors (Lipinski definition) is 1. The van der Waals surface area contributed by atoms with Gasteiger partial charge in [0.15, 0.2) is 0 Å². The van der Waals surface area contributed by atoms with E-state index in [-0.39, 0.29) is 27.4 Å². The molecule has 140 valence electrons. The second-order valence-corrected chi connectivity index (χ2v) is 8.69. The lowest BCUT2D eigenvalue weighted by atomic mass is 10.1. The van der Waals surface area contributed by atoms with Gasteiger partial charge < -0.3 is 5.32 Å². The van der Waals surface area contributed by atoms with E-state index in [0.29, 0.717) is 10.7 Å². The first-order chi connectivity index (χ1) is 12.2. The van der Waals surface area contributed by atoms with Crippen LogP contribution < -0.4 is 9.62 Å². The highest BCUT2D eigenvalue weighted by atomic mass is 35.5. The standard InChI is InChI=1S/C18H20Cl2N2O3S/c1-4-12(2)21-18(23)16-11-14(7-10-17(16)20)22(3)26(24,25)15-8-5-13(19)6-9-15/h5-12H,4H2,1-3H3,(H,21,23). The monoisotopic (exact) mass is 414 g/mol. The topological polar surface area (TPSA) is 66.5 Å². The predicted octanol–water partition coefficient (Wildman–Crippen LogP) is 4.35. The molecular formula is C18H20Cl2N2O3S. The summed E-state index contributed by atoms with van der Waals surface area (Å²) >= 11 is 11.9. The van der Waals surface area contributed by atoms with Crippen molar-refractivity contribution in [3.05, 3.63) is 58.1 Å². The minimum atomic E-state index is -3.79. The summed E-state index contributed by atoms with van der Waals surface area (Å²) < 4.78 is 26.7. The van der Waals surface area contributed by atoms with Gasteiger partial charge in [0.1, 0.15) is 0 Å². The molecule has 0 aliphatic carbocycles. The lowest BCUT2D eigenvalue weighted by Gasteiger charge is -2.21. The van der Waals surface area contributed by atoms with Gasteiger partial charge in [0.05, 0.1) is 21.2 Å². The zero-order valence-corrected chi connectivity index (χ0v) is 17.0. The molecule has 5 nitrogen and oxygen atoms in total. The van der Waals surface area contributed by atoms with E-state index in [0.717, 1.165) is 10.7 Å². The molecule has 1 atom stereocenters. The Morgan fingerprint density at radius 2 is 1.77 bits per heavy atom. The first-order valence-corrected chi connectivity index (χ1v) is 10.2. The van der Waals surface area contributed by atoms with Crippen LogP contribution in [0.15, 0.2) is 47.4 Å². The molecule has 2 aromatic carbocycles. The number of sulfonamides is 1. The summed E-state index contributed by atoms with van der Waals surface area (Å²) in [6.45, 7) is 3.84. The third-order valence-electron chi connectivity index (χ3n) is 4.02. The summed E-state index contributed by atoms with van der Waals surface area (Å²) in [5.74, 6) is -0.344. The van der Waals surface area contributed by atoms with E-state index in [4.69, 9.17) is 23.2 Å². The largest absolute Gasteiger partial charge is 0.350 e. The highest BCUT2D eigenvalue weighted by molar-refractivity contribution is 7.92. The third kappa shape index (κ3) is 4.50. The molecule has 0 heterocycles. The van der Waals surface area contributed by atoms with Gasteiger partial charge in [-0.3, -0.25) is 9.10 Å². The van der Waals surface area contributed by atoms with Gasteiger partial charge in [-0.25, -0.2) is 8.42 Å². The van der Waals surface area contributed by atoms with Crippen molar-refractivity contribution < 1.29 is 13.2 Å². The van der Waals surface area contributed by atoms with Gasteiger partial charge in [0, 0.05) is 18.1 Å². The number of halogens is 2. The predicted molar refractivity (Wildman–Crippen MR) is 106 cm³/mol. The van der Waals surface area contributed by atoms with E-state index in [1.807, 2.05) is 13.8 Å². The maximum atomic E-state index is 12.8. The molecule has 2 aromatic rings. The Kier molecular flexibility index (Phi) is 6.55. The Labute approximate surface area is 164 Å². The molecule has 2 rings (SSSR count). The Morgan fingerprint density at radius 1 is 1.15 bits per heavy atom. The van der Waals surface area contributed by atoms with Crippen molar-refractivity contribution in [2.24, 2.45) is 0 Å². The normalized spacial score (nSPS) is 12.5. The Morgan fingerprint density at radius 3 is 2.35 bits per heavy atom. The highest BCUT2D eigenvalue weighted by Crippen LogP contribution is 2.27. The van der Waals surface area contributed by atoms with Crippen molar-refractivity contribution in [1.29, 1.82) is 0 Å². The van der Waals surface area contributed by atoms with Crippen molar-refractivity contribution in [3.63, 3.8) is 0 Å². The van der Waals surface area contributed by atoms with E-state index in [1.165, 1.54) is 43.4 Å². The van der Waals surface area contributed by atoms with Crippen LogP contribution in [0.25, 0.3) is 0 Å². The Bertz CT molecular complexity index is 899. The number of anilines is 1. The molecule has 0 saturated heterocycles. The fourth-order valence-electron chi connectivity index (χ4n) is 2.19. The molecule has 1 N–H and O–H groups in total. The maximum absolute atomic E-state index is 12.8. The van der Waals surface area contributed by atoms with E-state index in [9.17, 15) is 13.2 Å². The summed E-state index contributed by atoms with van der Waals surface area (Å²) in [7, 11) is -2.37. The quantitative estimate of drug-likeness (QED) is 0.763. The van der Waals surface area contributed by atoms with Crippen LogP contribution in [0.5, 0.6) is 0 Å².